The van der Waals surface area contributed by atoms with E-state index in [1.165, 1.54) is 28.8 Å². The quantitative estimate of drug-likeness (QED) is 0.422. The maximum atomic E-state index is 13.4. The largest absolute Gasteiger partial charge is 0.321 e. The van der Waals surface area contributed by atoms with E-state index in [9.17, 15) is 19.2 Å². The third-order valence-corrected chi connectivity index (χ3v) is 6.51. The summed E-state index contributed by atoms with van der Waals surface area (Å²) in [4.78, 5) is 27.9. The molecule has 1 aliphatic heterocycles. The van der Waals surface area contributed by atoms with E-state index in [1.54, 1.807) is 48.5 Å². The van der Waals surface area contributed by atoms with Gasteiger partial charge in [0.25, 0.3) is 5.91 Å². The molecule has 7 heteroatoms. The van der Waals surface area contributed by atoms with Crippen molar-refractivity contribution in [3.8, 4) is 6.07 Å². The normalized spacial score (nSPS) is 16.9. The lowest BCUT2D eigenvalue weighted by Crippen LogP contribution is -2.30. The molecule has 0 aliphatic carbocycles. The summed E-state index contributed by atoms with van der Waals surface area (Å²) in [5, 5.41) is 12.4. The van der Waals surface area contributed by atoms with E-state index in [0.29, 0.717) is 17.8 Å². The molecular weight excluding hydrogens is 437 g/mol. The maximum absolute atomic E-state index is 13.4. The maximum Gasteiger partial charge on any atom is 0.269 e. The van der Waals surface area contributed by atoms with Crippen LogP contribution in [0.25, 0.3) is 0 Å². The molecule has 0 saturated carbocycles. The fourth-order valence-corrected chi connectivity index (χ4v) is 4.84. The van der Waals surface area contributed by atoms with Gasteiger partial charge in [-0.25, -0.2) is 4.39 Å². The highest BCUT2D eigenvalue weighted by molar-refractivity contribution is 8.05. The lowest BCUT2D eigenvalue weighted by molar-refractivity contribution is -0.117. The molecule has 0 radical (unpaired) electrons. The first-order chi connectivity index (χ1) is 16.0. The van der Waals surface area contributed by atoms with Crippen molar-refractivity contribution >= 4 is 35.0 Å². The number of rotatable bonds is 5. The monoisotopic (exact) mass is 457 g/mol. The first-order valence-electron chi connectivity index (χ1n) is 10.3. The van der Waals surface area contributed by atoms with Gasteiger partial charge in [0.2, 0.25) is 5.91 Å². The zero-order chi connectivity index (χ0) is 23.4. The average Bonchev–Trinajstić information content (AvgIpc) is 3.13. The Hall–Kier alpha value is -3.89. The van der Waals surface area contributed by atoms with Crippen molar-refractivity contribution < 1.29 is 14.0 Å². The van der Waals surface area contributed by atoms with E-state index in [1.807, 2.05) is 31.2 Å². The van der Waals surface area contributed by atoms with E-state index in [4.69, 9.17) is 0 Å². The van der Waals surface area contributed by atoms with E-state index in [2.05, 4.69) is 5.32 Å². The van der Waals surface area contributed by atoms with Crippen molar-refractivity contribution in [3.05, 3.63) is 106 Å². The van der Waals surface area contributed by atoms with Gasteiger partial charge in [-0.15, -0.1) is 0 Å². The van der Waals surface area contributed by atoms with Crippen LogP contribution in [0.4, 0.5) is 15.8 Å². The molecule has 0 aromatic heterocycles. The van der Waals surface area contributed by atoms with Gasteiger partial charge in [0.15, 0.2) is 0 Å². The predicted molar refractivity (Wildman–Crippen MR) is 128 cm³/mol. The Kier molecular flexibility index (Phi) is 6.57. The number of hydrogen-bond donors (Lipinski definition) is 1. The third kappa shape index (κ3) is 4.81. The van der Waals surface area contributed by atoms with Crippen LogP contribution in [0.3, 0.4) is 0 Å². The fourth-order valence-electron chi connectivity index (χ4n) is 3.53. The smallest absolute Gasteiger partial charge is 0.269 e. The van der Waals surface area contributed by atoms with Crippen molar-refractivity contribution in [2.75, 3.05) is 10.2 Å². The van der Waals surface area contributed by atoms with Gasteiger partial charge in [-0.3, -0.25) is 14.5 Å². The van der Waals surface area contributed by atoms with Crippen LogP contribution in [0.1, 0.15) is 11.1 Å². The van der Waals surface area contributed by atoms with E-state index in [0.717, 1.165) is 11.1 Å². The first-order valence-corrected chi connectivity index (χ1v) is 11.2. The first kappa shape index (κ1) is 22.3. The molecule has 3 aromatic rings. The molecule has 5 nitrogen and oxygen atoms in total. The lowest BCUT2D eigenvalue weighted by atomic mass is 10.1. The number of nitriles is 1. The standard InChI is InChI=1S/C26H20FN3O2S/c1-17-7-5-6-10-22(17)29-24(31)21(16-28)26-30(20-8-3-2-4-9-20)25(32)23(33-26)15-18-11-13-19(27)14-12-18/h2-14,23H,15H2,1H3,(H,29,31)/b26-21-/t23-/m1/s1. The van der Waals surface area contributed by atoms with Crippen molar-refractivity contribution in [2.45, 2.75) is 18.6 Å². The highest BCUT2D eigenvalue weighted by atomic mass is 32.2. The van der Waals surface area contributed by atoms with Gasteiger partial charge in [-0.05, 0) is 54.8 Å². The lowest BCUT2D eigenvalue weighted by Gasteiger charge is -2.18. The Morgan fingerprint density at radius 3 is 2.39 bits per heavy atom. The SMILES string of the molecule is Cc1ccccc1NC(=O)/C(C#N)=C1\S[C@H](Cc2ccc(F)cc2)C(=O)N1c1ccccc1. The molecule has 0 unspecified atom stereocenters. The van der Waals surface area contributed by atoms with Crippen LogP contribution in [0.5, 0.6) is 0 Å². The second kappa shape index (κ2) is 9.72. The number of benzene rings is 3. The highest BCUT2D eigenvalue weighted by Crippen LogP contribution is 2.42. The summed E-state index contributed by atoms with van der Waals surface area (Å²) in [5.74, 6) is -1.16. The second-order valence-corrected chi connectivity index (χ2v) is 8.70. The summed E-state index contributed by atoms with van der Waals surface area (Å²) in [6, 6.07) is 24.2. The third-order valence-electron chi connectivity index (χ3n) is 5.25. The number of aryl methyl sites for hydroxylation is 1. The minimum atomic E-state index is -0.578. The van der Waals surface area contributed by atoms with Gasteiger partial charge in [0.05, 0.1) is 5.25 Å². The van der Waals surface area contributed by atoms with Crippen molar-refractivity contribution in [3.63, 3.8) is 0 Å². The minimum absolute atomic E-state index is 0.137. The van der Waals surface area contributed by atoms with Crippen LogP contribution < -0.4 is 10.2 Å². The summed E-state index contributed by atoms with van der Waals surface area (Å²) in [5.41, 5.74) is 2.68. The molecule has 1 fully saturated rings. The molecule has 1 saturated heterocycles. The van der Waals surface area contributed by atoms with Crippen LogP contribution in [0.15, 0.2) is 89.5 Å². The van der Waals surface area contributed by atoms with Crippen LogP contribution in [0.2, 0.25) is 0 Å². The topological polar surface area (TPSA) is 73.2 Å². The molecular formula is C26H20FN3O2S. The zero-order valence-electron chi connectivity index (χ0n) is 17.8. The molecule has 0 spiro atoms. The Labute approximate surface area is 195 Å². The predicted octanol–water partition coefficient (Wildman–Crippen LogP) is 5.20. The summed E-state index contributed by atoms with van der Waals surface area (Å²) >= 11 is 1.18. The number of nitrogens with zero attached hydrogens (tertiary/aromatic N) is 2. The van der Waals surface area contributed by atoms with Crippen molar-refractivity contribution in [1.29, 1.82) is 5.26 Å². The van der Waals surface area contributed by atoms with Gasteiger partial charge < -0.3 is 5.32 Å². The molecule has 4 rings (SSSR count). The molecule has 2 amide bonds. The van der Waals surface area contributed by atoms with Crippen LogP contribution in [-0.2, 0) is 16.0 Å². The molecule has 1 heterocycles. The van der Waals surface area contributed by atoms with Gasteiger partial charge in [0, 0.05) is 11.4 Å². The Bertz CT molecular complexity index is 1270. The van der Waals surface area contributed by atoms with E-state index >= 15 is 0 Å². The van der Waals surface area contributed by atoms with Crippen molar-refractivity contribution in [1.82, 2.24) is 0 Å². The molecule has 1 aliphatic rings. The summed E-state index contributed by atoms with van der Waals surface area (Å²) in [6.07, 6.45) is 0.342. The van der Waals surface area contributed by atoms with Crippen molar-refractivity contribution in [2.24, 2.45) is 0 Å². The van der Waals surface area contributed by atoms with E-state index < -0.39 is 11.2 Å². The van der Waals surface area contributed by atoms with Crippen LogP contribution in [0, 0.1) is 24.1 Å². The molecule has 1 atom stereocenters. The highest BCUT2D eigenvalue weighted by Gasteiger charge is 2.40. The molecule has 3 aromatic carbocycles. The summed E-state index contributed by atoms with van der Waals surface area (Å²) < 4.78 is 13.3. The summed E-state index contributed by atoms with van der Waals surface area (Å²) in [7, 11) is 0. The number of carbonyl (C=O) groups excluding carboxylic acids is 2. The Morgan fingerprint density at radius 1 is 1.06 bits per heavy atom. The Balaban J connectivity index is 1.72. The molecule has 1 N–H and O–H groups in total. The molecule has 33 heavy (non-hydrogen) atoms. The number of thioether (sulfide) groups is 1. The fraction of sp³-hybridized carbons (Fsp3) is 0.115. The molecule has 164 valence electrons. The average molecular weight is 458 g/mol. The van der Waals surface area contributed by atoms with Gasteiger partial charge in [-0.2, -0.15) is 5.26 Å². The summed E-state index contributed by atoms with van der Waals surface area (Å²) in [6.45, 7) is 1.86. The van der Waals surface area contributed by atoms with Gasteiger partial charge in [-0.1, -0.05) is 60.3 Å². The second-order valence-electron chi connectivity index (χ2n) is 7.51. The number of carbonyl (C=O) groups is 2. The van der Waals surface area contributed by atoms with Crippen LogP contribution >= 0.6 is 11.8 Å². The number of anilines is 2. The van der Waals surface area contributed by atoms with Gasteiger partial charge >= 0.3 is 0 Å². The minimum Gasteiger partial charge on any atom is -0.321 e. The number of para-hydroxylation sites is 2. The van der Waals surface area contributed by atoms with E-state index in [-0.39, 0.29) is 22.3 Å². The van der Waals surface area contributed by atoms with Gasteiger partial charge in [0.1, 0.15) is 22.5 Å². The van der Waals surface area contributed by atoms with Crippen LogP contribution in [-0.4, -0.2) is 17.1 Å². The number of amides is 2. The number of halogens is 1. The zero-order valence-corrected chi connectivity index (χ0v) is 18.6. The number of hydrogen-bond acceptors (Lipinski definition) is 4. The molecule has 0 bridgehead atoms. The Morgan fingerprint density at radius 2 is 1.73 bits per heavy atom. The number of nitrogens with one attached hydrogen (secondary N) is 1.